The molecule has 0 spiro atoms. The van der Waals surface area contributed by atoms with E-state index in [2.05, 4.69) is 23.2 Å². The second-order valence-corrected chi connectivity index (χ2v) is 8.07. The average Bonchev–Trinajstić information content (AvgIpc) is 2.68. The highest BCUT2D eigenvalue weighted by atomic mass is 16.5. The number of hydrogen-bond donors (Lipinski definition) is 2. The van der Waals surface area contributed by atoms with Crippen LogP contribution in [0.4, 0.5) is 0 Å². The number of amides is 1. The van der Waals surface area contributed by atoms with Crippen LogP contribution in [0.25, 0.3) is 0 Å². The van der Waals surface area contributed by atoms with Crippen LogP contribution >= 0.6 is 0 Å². The van der Waals surface area contributed by atoms with Crippen molar-refractivity contribution in [1.82, 2.24) is 10.2 Å². The van der Waals surface area contributed by atoms with E-state index in [9.17, 15) is 9.90 Å². The standard InChI is InChI=1S/C22H34N2O3/c1-3-4-14-23-20(25)16-24-15-13-22(26)12-8-7-10-18(22)21(24)17-9-5-6-11-19(17)27-2/h5-6,9,11,18,21,26H,3-4,7-8,10,12-16H2,1-2H3,(H,23,25)/t18-,21-,22-/m1/s1. The summed E-state index contributed by atoms with van der Waals surface area (Å²) in [4.78, 5) is 14.8. The average molecular weight is 375 g/mol. The first-order chi connectivity index (χ1) is 13.1. The molecule has 1 aliphatic heterocycles. The summed E-state index contributed by atoms with van der Waals surface area (Å²) in [5.41, 5.74) is 0.463. The van der Waals surface area contributed by atoms with Gasteiger partial charge in [0.1, 0.15) is 5.75 Å². The Morgan fingerprint density at radius 2 is 2.15 bits per heavy atom. The van der Waals surface area contributed by atoms with Gasteiger partial charge in [0, 0.05) is 30.6 Å². The van der Waals surface area contributed by atoms with Crippen molar-refractivity contribution in [3.8, 4) is 5.75 Å². The molecular weight excluding hydrogens is 340 g/mol. The molecule has 1 saturated heterocycles. The van der Waals surface area contributed by atoms with E-state index in [1.165, 1.54) is 0 Å². The molecule has 5 nitrogen and oxygen atoms in total. The molecule has 3 rings (SSSR count). The third-order valence-corrected chi connectivity index (χ3v) is 6.33. The van der Waals surface area contributed by atoms with Crippen molar-refractivity contribution in [3.63, 3.8) is 0 Å². The van der Waals surface area contributed by atoms with Gasteiger partial charge in [0.05, 0.1) is 19.3 Å². The van der Waals surface area contributed by atoms with Crippen LogP contribution in [0.5, 0.6) is 5.75 Å². The van der Waals surface area contributed by atoms with E-state index in [0.29, 0.717) is 6.54 Å². The van der Waals surface area contributed by atoms with Gasteiger partial charge in [0.2, 0.25) is 5.91 Å². The van der Waals surface area contributed by atoms with E-state index in [1.807, 2.05) is 18.2 Å². The Labute approximate surface area is 163 Å². The summed E-state index contributed by atoms with van der Waals surface area (Å²) in [6.07, 6.45) is 6.89. The number of carbonyl (C=O) groups excluding carboxylic acids is 1. The normalized spacial score (nSPS) is 28.4. The van der Waals surface area contributed by atoms with Crippen molar-refractivity contribution in [2.24, 2.45) is 5.92 Å². The molecule has 1 heterocycles. The fourth-order valence-electron chi connectivity index (χ4n) is 4.89. The molecule has 1 amide bonds. The lowest BCUT2D eigenvalue weighted by molar-refractivity contribution is -0.138. The van der Waals surface area contributed by atoms with Crippen LogP contribution in [0, 0.1) is 5.92 Å². The molecule has 1 saturated carbocycles. The maximum atomic E-state index is 12.5. The molecule has 2 aliphatic rings. The SMILES string of the molecule is CCCCNC(=O)CN1CC[C@]2(O)CCCC[C@@H]2[C@H]1c1ccccc1OC. The fraction of sp³-hybridized carbons (Fsp3) is 0.682. The van der Waals surface area contributed by atoms with E-state index in [1.54, 1.807) is 7.11 Å². The monoisotopic (exact) mass is 374 g/mol. The Morgan fingerprint density at radius 1 is 1.33 bits per heavy atom. The van der Waals surface area contributed by atoms with E-state index in [-0.39, 0.29) is 17.9 Å². The molecule has 2 fully saturated rings. The number of fused-ring (bicyclic) bond motifs is 1. The summed E-state index contributed by atoms with van der Waals surface area (Å²) in [6, 6.07) is 8.07. The van der Waals surface area contributed by atoms with Crippen LogP contribution in [0.15, 0.2) is 24.3 Å². The lowest BCUT2D eigenvalue weighted by atomic mass is 9.66. The molecule has 3 atom stereocenters. The second-order valence-electron chi connectivity index (χ2n) is 8.07. The summed E-state index contributed by atoms with van der Waals surface area (Å²) in [6.45, 7) is 3.96. The number of likely N-dealkylation sites (tertiary alicyclic amines) is 1. The number of hydrogen-bond acceptors (Lipinski definition) is 4. The minimum Gasteiger partial charge on any atom is -0.496 e. The molecular formula is C22H34N2O3. The van der Waals surface area contributed by atoms with Gasteiger partial charge in [-0.15, -0.1) is 0 Å². The third-order valence-electron chi connectivity index (χ3n) is 6.33. The zero-order valence-corrected chi connectivity index (χ0v) is 16.7. The summed E-state index contributed by atoms with van der Waals surface area (Å²) < 4.78 is 5.64. The molecule has 1 aliphatic carbocycles. The topological polar surface area (TPSA) is 61.8 Å². The van der Waals surface area contributed by atoms with E-state index in [0.717, 1.165) is 69.3 Å². The molecule has 0 unspecified atom stereocenters. The number of ether oxygens (including phenoxy) is 1. The van der Waals surface area contributed by atoms with E-state index in [4.69, 9.17) is 4.74 Å². The van der Waals surface area contributed by atoms with Crippen molar-refractivity contribution in [1.29, 1.82) is 0 Å². The van der Waals surface area contributed by atoms with Crippen molar-refractivity contribution in [3.05, 3.63) is 29.8 Å². The van der Waals surface area contributed by atoms with Crippen LogP contribution < -0.4 is 10.1 Å². The van der Waals surface area contributed by atoms with Crippen molar-refractivity contribution in [2.75, 3.05) is 26.7 Å². The van der Waals surface area contributed by atoms with Crippen molar-refractivity contribution in [2.45, 2.75) is 63.5 Å². The number of aliphatic hydroxyl groups is 1. The summed E-state index contributed by atoms with van der Waals surface area (Å²) in [5.74, 6) is 1.05. The molecule has 5 heteroatoms. The van der Waals surface area contributed by atoms with Gasteiger partial charge in [-0.1, -0.05) is 44.4 Å². The largest absolute Gasteiger partial charge is 0.496 e. The van der Waals surface area contributed by atoms with E-state index < -0.39 is 5.60 Å². The molecule has 1 aromatic rings. The number of unbranched alkanes of at least 4 members (excludes halogenated alkanes) is 1. The van der Waals surface area contributed by atoms with Crippen LogP contribution in [-0.2, 0) is 4.79 Å². The van der Waals surface area contributed by atoms with Gasteiger partial charge in [-0.05, 0) is 31.7 Å². The number of carbonyl (C=O) groups is 1. The Hall–Kier alpha value is -1.59. The highest BCUT2D eigenvalue weighted by molar-refractivity contribution is 5.78. The fourth-order valence-corrected chi connectivity index (χ4v) is 4.89. The van der Waals surface area contributed by atoms with Crippen LogP contribution in [0.2, 0.25) is 0 Å². The van der Waals surface area contributed by atoms with Crippen molar-refractivity contribution >= 4 is 5.91 Å². The number of piperidine rings is 1. The minimum absolute atomic E-state index is 0.0112. The lowest BCUT2D eigenvalue weighted by Crippen LogP contribution is -2.56. The number of nitrogens with one attached hydrogen (secondary N) is 1. The molecule has 0 bridgehead atoms. The molecule has 0 aromatic heterocycles. The summed E-state index contributed by atoms with van der Waals surface area (Å²) >= 11 is 0. The van der Waals surface area contributed by atoms with Gasteiger partial charge in [-0.2, -0.15) is 0 Å². The first-order valence-electron chi connectivity index (χ1n) is 10.4. The first-order valence-corrected chi connectivity index (χ1v) is 10.4. The van der Waals surface area contributed by atoms with Crippen molar-refractivity contribution < 1.29 is 14.6 Å². The molecule has 1 aromatic carbocycles. The molecule has 27 heavy (non-hydrogen) atoms. The summed E-state index contributed by atoms with van der Waals surface area (Å²) in [5, 5.41) is 14.4. The zero-order chi connectivity index (χ0) is 19.3. The Balaban J connectivity index is 1.86. The van der Waals surface area contributed by atoms with Crippen LogP contribution in [0.3, 0.4) is 0 Å². The first kappa shape index (κ1) is 20.2. The van der Waals surface area contributed by atoms with Crippen LogP contribution in [0.1, 0.15) is 63.5 Å². The van der Waals surface area contributed by atoms with E-state index >= 15 is 0 Å². The van der Waals surface area contributed by atoms with Gasteiger partial charge in [0.15, 0.2) is 0 Å². The van der Waals surface area contributed by atoms with Gasteiger partial charge in [-0.3, -0.25) is 9.69 Å². The van der Waals surface area contributed by atoms with Gasteiger partial charge < -0.3 is 15.2 Å². The van der Waals surface area contributed by atoms with Gasteiger partial charge >= 0.3 is 0 Å². The number of para-hydroxylation sites is 1. The Morgan fingerprint density at radius 3 is 2.93 bits per heavy atom. The molecule has 0 radical (unpaired) electrons. The predicted octanol–water partition coefficient (Wildman–Crippen LogP) is 3.28. The number of rotatable bonds is 7. The second kappa shape index (κ2) is 9.07. The number of nitrogens with zero attached hydrogens (tertiary/aromatic N) is 1. The molecule has 150 valence electrons. The smallest absolute Gasteiger partial charge is 0.234 e. The molecule has 2 N–H and O–H groups in total. The Bertz CT molecular complexity index is 636. The maximum absolute atomic E-state index is 12.5. The summed E-state index contributed by atoms with van der Waals surface area (Å²) in [7, 11) is 1.69. The minimum atomic E-state index is -0.626. The van der Waals surface area contributed by atoms with Gasteiger partial charge in [0.25, 0.3) is 0 Å². The highest BCUT2D eigenvalue weighted by Gasteiger charge is 2.49. The van der Waals surface area contributed by atoms with Gasteiger partial charge in [-0.25, -0.2) is 0 Å². The highest BCUT2D eigenvalue weighted by Crippen LogP contribution is 2.50. The predicted molar refractivity (Wildman–Crippen MR) is 107 cm³/mol. The number of methoxy groups -OCH3 is 1. The Kier molecular flexibility index (Phi) is 6.77. The van der Waals surface area contributed by atoms with Crippen LogP contribution in [-0.4, -0.2) is 48.3 Å². The zero-order valence-electron chi connectivity index (χ0n) is 16.7. The quantitative estimate of drug-likeness (QED) is 0.719. The maximum Gasteiger partial charge on any atom is 0.234 e. The lowest BCUT2D eigenvalue weighted by Gasteiger charge is -2.52. The third kappa shape index (κ3) is 4.46. The number of benzene rings is 1.